The Bertz CT molecular complexity index is 1550. The molecule has 42 heavy (non-hydrogen) atoms. The van der Waals surface area contributed by atoms with E-state index in [2.05, 4.69) is 10.3 Å². The molecule has 13 heteroatoms. The molecule has 3 atom stereocenters. The van der Waals surface area contributed by atoms with Gasteiger partial charge in [-0.05, 0) is 58.9 Å². The third-order valence-corrected chi connectivity index (χ3v) is 8.36. The fourth-order valence-electron chi connectivity index (χ4n) is 4.60. The van der Waals surface area contributed by atoms with Crippen molar-refractivity contribution in [3.8, 4) is 28.6 Å². The average Bonchev–Trinajstić information content (AvgIpc) is 3.20. The number of aliphatic carboxylic acids is 1. The third-order valence-electron chi connectivity index (χ3n) is 6.65. The van der Waals surface area contributed by atoms with Crippen LogP contribution in [-0.2, 0) is 27.7 Å². The summed E-state index contributed by atoms with van der Waals surface area (Å²) in [5.74, 6) is -5.49. The van der Waals surface area contributed by atoms with Crippen molar-refractivity contribution in [3.63, 3.8) is 0 Å². The van der Waals surface area contributed by atoms with Crippen LogP contribution in [-0.4, -0.2) is 59.3 Å². The first kappa shape index (κ1) is 31.3. The Morgan fingerprint density at radius 1 is 1.07 bits per heavy atom. The Labute approximate surface area is 242 Å². The summed E-state index contributed by atoms with van der Waals surface area (Å²) in [6.45, 7) is 3.99. The van der Waals surface area contributed by atoms with E-state index in [1.807, 2.05) is 30.3 Å². The van der Waals surface area contributed by atoms with Gasteiger partial charge in [0.1, 0.15) is 5.75 Å². The van der Waals surface area contributed by atoms with Crippen LogP contribution < -0.4 is 20.5 Å². The van der Waals surface area contributed by atoms with Crippen molar-refractivity contribution in [2.75, 3.05) is 11.5 Å². The fraction of sp³-hybridized carbons (Fsp3) is 0.379. The van der Waals surface area contributed by atoms with Crippen LogP contribution >= 0.6 is 0 Å². The second-order valence-corrected chi connectivity index (χ2v) is 12.8. The van der Waals surface area contributed by atoms with Crippen LogP contribution in [0.4, 0.5) is 8.78 Å². The Balaban J connectivity index is 1.67. The van der Waals surface area contributed by atoms with Crippen molar-refractivity contribution in [1.29, 1.82) is 0 Å². The largest absolute Gasteiger partial charge is 0.479 e. The van der Waals surface area contributed by atoms with E-state index >= 15 is 0 Å². The number of nitrogens with one attached hydrogen (secondary N) is 1. The number of hydrogen-bond acceptors (Lipinski definition) is 9. The third kappa shape index (κ3) is 8.00. The van der Waals surface area contributed by atoms with E-state index in [1.165, 1.54) is 0 Å². The number of carboxylic acids is 1. The number of halogens is 2. The van der Waals surface area contributed by atoms with Gasteiger partial charge in [-0.25, -0.2) is 22.0 Å². The minimum atomic E-state index is -3.37. The van der Waals surface area contributed by atoms with E-state index in [0.29, 0.717) is 23.7 Å². The Morgan fingerprint density at radius 3 is 2.43 bits per heavy atom. The number of hydrogen-bond donors (Lipinski definition) is 4. The number of rotatable bonds is 12. The summed E-state index contributed by atoms with van der Waals surface area (Å²) in [6.07, 6.45) is -2.39. The van der Waals surface area contributed by atoms with Gasteiger partial charge < -0.3 is 30.7 Å². The molecule has 0 amide bonds. The molecule has 0 bridgehead atoms. The molecule has 1 aromatic heterocycles. The highest BCUT2D eigenvalue weighted by Gasteiger charge is 2.36. The van der Waals surface area contributed by atoms with Crippen molar-refractivity contribution in [1.82, 2.24) is 10.3 Å². The first-order valence-corrected chi connectivity index (χ1v) is 15.1. The van der Waals surface area contributed by atoms with Crippen LogP contribution in [0.1, 0.15) is 31.4 Å². The van der Waals surface area contributed by atoms with Crippen molar-refractivity contribution >= 4 is 15.8 Å². The van der Waals surface area contributed by atoms with Gasteiger partial charge in [-0.15, -0.1) is 0 Å². The molecule has 0 spiro atoms. The molecule has 0 saturated carbocycles. The van der Waals surface area contributed by atoms with Crippen LogP contribution in [0.15, 0.2) is 48.5 Å². The van der Waals surface area contributed by atoms with Crippen LogP contribution in [0.5, 0.6) is 17.5 Å². The Hall–Kier alpha value is -3.65. The molecular formula is C29H33F2N3O7S. The second-order valence-electron chi connectivity index (χ2n) is 10.6. The number of pyridine rings is 1. The van der Waals surface area contributed by atoms with Gasteiger partial charge in [-0.1, -0.05) is 32.0 Å². The quantitative estimate of drug-likeness (QED) is 0.241. The van der Waals surface area contributed by atoms with Gasteiger partial charge in [-0.2, -0.15) is 4.98 Å². The molecule has 0 aliphatic carbocycles. The number of benzene rings is 2. The molecule has 1 fully saturated rings. The van der Waals surface area contributed by atoms with E-state index < -0.39 is 57.5 Å². The van der Waals surface area contributed by atoms with Crippen LogP contribution in [0, 0.1) is 17.6 Å². The normalized spacial score (nSPS) is 18.6. The van der Waals surface area contributed by atoms with Gasteiger partial charge in [-0.3, -0.25) is 0 Å². The summed E-state index contributed by atoms with van der Waals surface area (Å²) >= 11 is 0. The minimum Gasteiger partial charge on any atom is -0.479 e. The Kier molecular flexibility index (Phi) is 9.77. The number of sulfone groups is 1. The smallest absolute Gasteiger partial charge is 0.344 e. The topological polar surface area (TPSA) is 161 Å². The molecule has 5 N–H and O–H groups in total. The number of carboxylic acid groups (broad SMARTS) is 1. The summed E-state index contributed by atoms with van der Waals surface area (Å²) in [5, 5.41) is 22.7. The van der Waals surface area contributed by atoms with Crippen molar-refractivity contribution in [3.05, 3.63) is 71.3 Å². The molecule has 226 valence electrons. The summed E-state index contributed by atoms with van der Waals surface area (Å²) in [7, 11) is -3.37. The zero-order valence-electron chi connectivity index (χ0n) is 23.1. The minimum absolute atomic E-state index is 0.0707. The molecule has 0 radical (unpaired) electrons. The maximum Gasteiger partial charge on any atom is 0.344 e. The van der Waals surface area contributed by atoms with E-state index in [-0.39, 0.29) is 36.1 Å². The summed E-state index contributed by atoms with van der Waals surface area (Å²) in [5.41, 5.74) is 8.69. The van der Waals surface area contributed by atoms with E-state index in [4.69, 9.17) is 15.2 Å². The van der Waals surface area contributed by atoms with Crippen molar-refractivity contribution in [2.45, 2.75) is 51.6 Å². The monoisotopic (exact) mass is 605 g/mol. The summed E-state index contributed by atoms with van der Waals surface area (Å²) in [4.78, 5) is 15.4. The van der Waals surface area contributed by atoms with Crippen molar-refractivity contribution in [2.24, 2.45) is 11.7 Å². The van der Waals surface area contributed by atoms with Crippen LogP contribution in [0.25, 0.3) is 11.1 Å². The number of aromatic nitrogens is 1. The highest BCUT2D eigenvalue weighted by molar-refractivity contribution is 7.91. The highest BCUT2D eigenvalue weighted by atomic mass is 32.2. The van der Waals surface area contributed by atoms with Crippen LogP contribution in [0.2, 0.25) is 0 Å². The predicted octanol–water partition coefficient (Wildman–Crippen LogP) is 3.40. The lowest BCUT2D eigenvalue weighted by Crippen LogP contribution is -2.38. The Morgan fingerprint density at radius 2 is 1.79 bits per heavy atom. The molecule has 10 nitrogen and oxygen atoms in total. The van der Waals surface area contributed by atoms with Gasteiger partial charge in [0.15, 0.2) is 27.6 Å². The molecule has 3 aromatic rings. The van der Waals surface area contributed by atoms with Gasteiger partial charge >= 0.3 is 5.97 Å². The number of carbonyl (C=O) groups is 1. The zero-order chi connectivity index (χ0) is 30.6. The summed E-state index contributed by atoms with van der Waals surface area (Å²) in [6, 6.07) is 12.2. The number of aliphatic hydroxyl groups excluding tert-OH is 1. The lowest BCUT2D eigenvalue weighted by molar-refractivity contribution is -0.146. The highest BCUT2D eigenvalue weighted by Crippen LogP contribution is 2.32. The standard InChI is InChI=1S/C29H33F2N3O7S/c1-16(2)6-26(29(36)37)41-28-23(31)11-22(30)27(34-28)40-21-9-18(13-33-24-14-42(38,39)15-25(24)35)8-20(10-21)19-5-3-4-17(7-19)12-32/h3-5,7-11,16,24-26,33,35H,6,12-15,32H2,1-2H3,(H,36,37)/t24?,25?,26-/m1/s1. The SMILES string of the molecule is CC(C)C[C@@H](Oc1nc(Oc2cc(CNC3CS(=O)(=O)CC3O)cc(-c3cccc(CN)c3)c2)c(F)cc1F)C(=O)O. The van der Waals surface area contributed by atoms with E-state index in [0.717, 1.165) is 11.1 Å². The number of nitrogens with zero attached hydrogens (tertiary/aromatic N) is 1. The zero-order valence-corrected chi connectivity index (χ0v) is 23.9. The maximum absolute atomic E-state index is 14.8. The average molecular weight is 606 g/mol. The number of aliphatic hydroxyl groups is 1. The maximum atomic E-state index is 14.8. The van der Waals surface area contributed by atoms with E-state index in [9.17, 15) is 32.2 Å². The predicted molar refractivity (Wildman–Crippen MR) is 151 cm³/mol. The molecule has 1 aliphatic heterocycles. The van der Waals surface area contributed by atoms with Gasteiger partial charge in [0, 0.05) is 25.2 Å². The van der Waals surface area contributed by atoms with Crippen LogP contribution in [0.3, 0.4) is 0 Å². The first-order chi connectivity index (χ1) is 19.8. The molecular weight excluding hydrogens is 572 g/mol. The molecule has 4 rings (SSSR count). The fourth-order valence-corrected chi connectivity index (χ4v) is 6.38. The number of nitrogens with two attached hydrogens (primary N) is 1. The number of ether oxygens (including phenoxy) is 2. The molecule has 2 unspecified atom stereocenters. The van der Waals surface area contributed by atoms with Crippen molar-refractivity contribution < 1.29 is 41.7 Å². The molecule has 2 heterocycles. The van der Waals surface area contributed by atoms with Gasteiger partial charge in [0.2, 0.25) is 0 Å². The lowest BCUT2D eigenvalue weighted by Gasteiger charge is -2.18. The van der Waals surface area contributed by atoms with Gasteiger partial charge in [0.25, 0.3) is 11.8 Å². The molecule has 1 saturated heterocycles. The first-order valence-electron chi connectivity index (χ1n) is 13.3. The molecule has 2 aromatic carbocycles. The van der Waals surface area contributed by atoms with E-state index in [1.54, 1.807) is 26.0 Å². The second kappa shape index (κ2) is 13.1. The lowest BCUT2D eigenvalue weighted by atomic mass is 10.00. The molecule has 1 aliphatic rings. The summed E-state index contributed by atoms with van der Waals surface area (Å²) < 4.78 is 64.2. The van der Waals surface area contributed by atoms with Gasteiger partial charge in [0.05, 0.1) is 17.6 Å².